The largest absolute Gasteiger partial charge is 0.373 e. The molecule has 0 spiro atoms. The molecule has 9 aliphatic rings. The minimum absolute atomic E-state index is 0.00343. The molecular formula is C80H121Cl3N8O15S. The first kappa shape index (κ1) is 96.3. The van der Waals surface area contributed by atoms with Crippen LogP contribution >= 0.6 is 46.3 Å². The Bertz CT molecular complexity index is 3630. The quantitative estimate of drug-likeness (QED) is 0.135. The minimum atomic E-state index is -0.512. The molecule has 0 radical (unpaired) electrons. The lowest BCUT2D eigenvalue weighted by Gasteiger charge is -2.30. The fraction of sp³-hybridized carbons (Fsp3) is 0.625. The van der Waals surface area contributed by atoms with Crippen LogP contribution in [0.2, 0.25) is 0 Å². The summed E-state index contributed by atoms with van der Waals surface area (Å²) >= 11 is 17.9. The number of hydrogen-bond donors (Lipinski definition) is 0. The van der Waals surface area contributed by atoms with Gasteiger partial charge in [0.05, 0.1) is 52.8 Å². The summed E-state index contributed by atoms with van der Waals surface area (Å²) in [5, 5.41) is 4.32. The first-order valence-electron chi connectivity index (χ1n) is 36.4. The van der Waals surface area contributed by atoms with E-state index < -0.39 is 17.7 Å². The Morgan fingerprint density at radius 2 is 0.935 bits per heavy atom. The van der Waals surface area contributed by atoms with Gasteiger partial charge in [0.1, 0.15) is 15.1 Å². The molecule has 1 aromatic heterocycles. The summed E-state index contributed by atoms with van der Waals surface area (Å²) in [6.07, 6.45) is 10.2. The van der Waals surface area contributed by atoms with Gasteiger partial charge in [-0.3, -0.25) is 91.0 Å². The third-order valence-corrected chi connectivity index (χ3v) is 19.7. The van der Waals surface area contributed by atoms with Gasteiger partial charge in [-0.25, -0.2) is 5.01 Å². The lowest BCUT2D eigenvalue weighted by Crippen LogP contribution is -2.44. The number of carbonyl (C=O) groups is 11. The fourth-order valence-corrected chi connectivity index (χ4v) is 12.6. The van der Waals surface area contributed by atoms with E-state index in [4.69, 9.17) is 49.0 Å². The van der Waals surface area contributed by atoms with Crippen molar-refractivity contribution in [3.8, 4) is 0 Å². The van der Waals surface area contributed by atoms with E-state index in [1.807, 2.05) is 90.5 Å². The molecule has 107 heavy (non-hydrogen) atoms. The summed E-state index contributed by atoms with van der Waals surface area (Å²) in [5.41, 5.74) is 2.78. The number of carbonyl (C=O) groups excluding carboxylic acids is 11. The van der Waals surface area contributed by atoms with E-state index >= 15 is 0 Å². The number of hydrazine groups is 1. The zero-order chi connectivity index (χ0) is 83.1. The van der Waals surface area contributed by atoms with E-state index in [1.165, 1.54) is 50.5 Å². The molecule has 10 heterocycles. The molecule has 5 unspecified atom stereocenters. The lowest BCUT2D eigenvalue weighted by atomic mass is 9.87. The van der Waals surface area contributed by atoms with E-state index in [0.717, 1.165) is 52.1 Å². The molecule has 4 fully saturated rings. The second kappa shape index (κ2) is 40.3. The molecule has 11 rings (SSSR count). The van der Waals surface area contributed by atoms with Crippen molar-refractivity contribution in [1.82, 2.24) is 38.5 Å². The standard InChI is InChI=1S/C11H13NOS.C9H16N2O.C9H13NO2.C9H18O.C8H11NO2.C7H7Cl2NO2.C7H8ClNO2.C7H9NO2.C7H14O.C6H12O/c1-11(2,3)12-10(13)8-6-4-5-7-9(8)14-12;1-4-9(12)11-7-5-6-10(11)8(2)3;1-5(2)10-8(11)6(3)7(4)9(10)12;1-6(2)7-8(10-7)9(3,4)5;1-5(2)9-7(10)4-6(3)8(9)11;1-3(2)10-6(11)4(8)5(9)7(10)12;1-4(2)9-6(10)3-5(8)7(9)11;1-5(2)8-6(9)3-4-7(8)10;1-5-6(8-5)7(2,3)4;1-6(2,3)5-4-7-5/h4-7H,1-3H3;4,8H,1,5-7H2,2-3H3;5H,1-4H3;6-8H,1-5H3;4-5H,1-3H3;3H,1-2H3;3-4H,1-2H3;3-5H,1-2H3;5-6H,1-4H3;5H,4H2,1-3H3. The van der Waals surface area contributed by atoms with Crippen molar-refractivity contribution in [3.05, 3.63) is 103 Å². The molecule has 598 valence electrons. The molecule has 9 aliphatic heterocycles. The molecule has 23 nitrogen and oxygen atoms in total. The highest BCUT2D eigenvalue weighted by molar-refractivity contribution is 7.13. The second-order valence-electron chi connectivity index (χ2n) is 33.1. The molecule has 27 heteroatoms. The number of nitrogens with zero attached hydrogens (tertiary/aromatic N) is 8. The lowest BCUT2D eigenvalue weighted by molar-refractivity contribution is -0.141. The highest BCUT2D eigenvalue weighted by Crippen LogP contribution is 2.42. The Labute approximate surface area is 654 Å². The molecule has 1 aromatic carbocycles. The van der Waals surface area contributed by atoms with Gasteiger partial charge in [0.2, 0.25) is 0 Å². The van der Waals surface area contributed by atoms with Crippen LogP contribution in [0.15, 0.2) is 97.8 Å². The first-order chi connectivity index (χ1) is 48.8. The Kier molecular flexibility index (Phi) is 36.2. The van der Waals surface area contributed by atoms with Gasteiger partial charge >= 0.3 is 0 Å². The van der Waals surface area contributed by atoms with Gasteiger partial charge < -0.3 is 14.2 Å². The Hall–Kier alpha value is -6.77. The van der Waals surface area contributed by atoms with E-state index in [-0.39, 0.29) is 104 Å². The maximum Gasteiger partial charge on any atom is 0.274 e. The number of rotatable bonds is 8. The van der Waals surface area contributed by atoms with Gasteiger partial charge in [-0.2, -0.15) is 0 Å². The van der Waals surface area contributed by atoms with Crippen molar-refractivity contribution in [2.75, 3.05) is 19.7 Å². The monoisotopic (exact) mass is 1570 g/mol. The van der Waals surface area contributed by atoms with Crippen LogP contribution in [0.4, 0.5) is 0 Å². The van der Waals surface area contributed by atoms with Gasteiger partial charge in [0, 0.05) is 90.4 Å². The third-order valence-electron chi connectivity index (χ3n) is 17.2. The molecule has 0 bridgehead atoms. The molecule has 5 atom stereocenters. The van der Waals surface area contributed by atoms with Crippen LogP contribution < -0.4 is 5.56 Å². The van der Waals surface area contributed by atoms with Crippen LogP contribution in [0.3, 0.4) is 0 Å². The maximum atomic E-state index is 11.9. The van der Waals surface area contributed by atoms with E-state index in [9.17, 15) is 57.5 Å². The minimum Gasteiger partial charge on any atom is -0.373 e. The summed E-state index contributed by atoms with van der Waals surface area (Å²) in [6, 6.07) is 7.69. The van der Waals surface area contributed by atoms with Crippen molar-refractivity contribution >= 4 is 121 Å². The van der Waals surface area contributed by atoms with Crippen molar-refractivity contribution < 1.29 is 67.0 Å². The number of fused-ring (bicyclic) bond motifs is 1. The predicted molar refractivity (Wildman–Crippen MR) is 424 cm³/mol. The van der Waals surface area contributed by atoms with Crippen LogP contribution in [-0.4, -0.2) is 190 Å². The van der Waals surface area contributed by atoms with Crippen molar-refractivity contribution in [3.63, 3.8) is 0 Å². The van der Waals surface area contributed by atoms with Crippen LogP contribution in [0.5, 0.6) is 0 Å². The molecular weight excluding hydrogens is 1450 g/mol. The SMILES string of the molecule is C=CC(=O)N1CCCN1C(C)C.CC(C)(C)C1CO1.CC(C)(C)n1sc2ccccc2c1=O.CC(C)C1OC1C(C)(C)C.CC(C)N1C(=O)C(Cl)=C(Cl)C1=O.CC(C)N1C(=O)C=C(Cl)C1=O.CC(C)N1C(=O)C=CC1=O.CC1=C(C)C(=O)N(C(C)C)C1=O.CC1=CC(=O)N(C(C)C)C1=O.CC1OC1C(C)(C)C. The van der Waals surface area contributed by atoms with Crippen LogP contribution in [0.1, 0.15) is 214 Å². The van der Waals surface area contributed by atoms with Gasteiger partial charge in [0.15, 0.2) is 0 Å². The number of halogens is 3. The van der Waals surface area contributed by atoms with E-state index in [2.05, 4.69) is 109 Å². The molecule has 2 aromatic rings. The Morgan fingerprint density at radius 1 is 0.523 bits per heavy atom. The number of imide groups is 5. The Morgan fingerprint density at radius 3 is 1.17 bits per heavy atom. The number of epoxide rings is 3. The summed E-state index contributed by atoms with van der Waals surface area (Å²) in [6.45, 7) is 66.0. The summed E-state index contributed by atoms with van der Waals surface area (Å²) < 4.78 is 18.8. The molecule has 11 amide bonds. The van der Waals surface area contributed by atoms with Crippen molar-refractivity contribution in [2.45, 2.75) is 286 Å². The molecule has 0 saturated carbocycles. The van der Waals surface area contributed by atoms with Crippen molar-refractivity contribution in [2.24, 2.45) is 22.2 Å². The highest BCUT2D eigenvalue weighted by Gasteiger charge is 2.49. The zero-order valence-electron chi connectivity index (χ0n) is 68.9. The average Bonchev–Trinajstić information content (AvgIpc) is 1.64. The van der Waals surface area contributed by atoms with Crippen LogP contribution in [0.25, 0.3) is 10.1 Å². The number of hydrogen-bond acceptors (Lipinski definition) is 17. The van der Waals surface area contributed by atoms with Gasteiger partial charge in [-0.15, -0.1) is 0 Å². The van der Waals surface area contributed by atoms with E-state index in [1.54, 1.807) is 53.5 Å². The summed E-state index contributed by atoms with van der Waals surface area (Å²) in [5.74, 6) is -2.11. The maximum absolute atomic E-state index is 11.9. The number of aromatic nitrogens is 1. The van der Waals surface area contributed by atoms with Crippen molar-refractivity contribution in [1.29, 1.82) is 0 Å². The molecule has 4 saturated heterocycles. The number of ether oxygens (including phenoxy) is 3. The fourth-order valence-electron chi connectivity index (χ4n) is 11.1. The van der Waals surface area contributed by atoms with Gasteiger partial charge in [0.25, 0.3) is 70.5 Å². The number of amides is 11. The molecule has 0 N–H and O–H groups in total. The zero-order valence-corrected chi connectivity index (χ0v) is 72.0. The topological polar surface area (TPSA) is 270 Å². The smallest absolute Gasteiger partial charge is 0.274 e. The summed E-state index contributed by atoms with van der Waals surface area (Å²) in [4.78, 5) is 140. The second-order valence-corrected chi connectivity index (χ2v) is 35.3. The van der Waals surface area contributed by atoms with Crippen LogP contribution in [-0.2, 0) is 72.5 Å². The van der Waals surface area contributed by atoms with Crippen LogP contribution in [0, 0.1) is 22.2 Å². The predicted octanol–water partition coefficient (Wildman–Crippen LogP) is 14.0. The number of benzene rings is 1. The Balaban J connectivity index is 0.000000406. The normalized spacial score (nSPS) is 21.1. The third kappa shape index (κ3) is 27.6. The van der Waals surface area contributed by atoms with E-state index in [0.29, 0.717) is 75.4 Å². The average molecular weight is 1570 g/mol. The highest BCUT2D eigenvalue weighted by atomic mass is 35.5. The summed E-state index contributed by atoms with van der Waals surface area (Å²) in [7, 11) is 0. The first-order valence-corrected chi connectivity index (χ1v) is 38.3. The van der Waals surface area contributed by atoms with Gasteiger partial charge in [-0.05, 0) is 178 Å². The molecule has 0 aliphatic carbocycles. The van der Waals surface area contributed by atoms with Gasteiger partial charge in [-0.1, -0.05) is 141 Å².